The van der Waals surface area contributed by atoms with Crippen LogP contribution in [0, 0.1) is 6.92 Å². The number of aryl methyl sites for hydroxylation is 1. The Hall–Kier alpha value is -0.450. The van der Waals surface area contributed by atoms with Gasteiger partial charge in [-0.05, 0) is 19.8 Å². The number of nitrogens with zero attached hydrogens (tertiary/aromatic N) is 1. The molecule has 1 saturated carbocycles. The molecule has 1 heterocycles. The minimum Gasteiger partial charge on any atom is -0.371 e. The van der Waals surface area contributed by atoms with Gasteiger partial charge in [0.1, 0.15) is 10.6 Å². The number of rotatable bonds is 5. The zero-order valence-electron chi connectivity index (χ0n) is 11.9. The number of methoxy groups -OCH3 is 1. The largest absolute Gasteiger partial charge is 0.371 e. The fourth-order valence-corrected chi connectivity index (χ4v) is 3.77. The minimum atomic E-state index is -0.0918. The first-order valence-electron chi connectivity index (χ1n) is 6.83. The van der Waals surface area contributed by atoms with Crippen LogP contribution in [0.3, 0.4) is 0 Å². The van der Waals surface area contributed by atoms with Crippen molar-refractivity contribution < 1.29 is 4.74 Å². The van der Waals surface area contributed by atoms with Crippen LogP contribution in [-0.4, -0.2) is 18.1 Å². The molecule has 0 atom stereocenters. The van der Waals surface area contributed by atoms with Gasteiger partial charge in [-0.1, -0.05) is 26.7 Å². The van der Waals surface area contributed by atoms with E-state index in [9.17, 15) is 0 Å². The van der Waals surface area contributed by atoms with Gasteiger partial charge in [0.25, 0.3) is 0 Å². The van der Waals surface area contributed by atoms with E-state index in [-0.39, 0.29) is 5.60 Å². The molecule has 0 aromatic carbocycles. The van der Waals surface area contributed by atoms with Gasteiger partial charge in [-0.15, -0.1) is 11.3 Å². The minimum absolute atomic E-state index is 0.0918. The molecule has 102 valence electrons. The van der Waals surface area contributed by atoms with Gasteiger partial charge < -0.3 is 10.1 Å². The van der Waals surface area contributed by atoms with Crippen LogP contribution in [0.2, 0.25) is 0 Å². The maximum Gasteiger partial charge on any atom is 0.125 e. The molecule has 1 aliphatic rings. The van der Waals surface area contributed by atoms with Gasteiger partial charge in [0, 0.05) is 24.6 Å². The Morgan fingerprint density at radius 3 is 2.61 bits per heavy atom. The molecule has 2 rings (SSSR count). The highest BCUT2D eigenvalue weighted by atomic mass is 32.1. The van der Waals surface area contributed by atoms with Crippen LogP contribution in [0.15, 0.2) is 0 Å². The lowest BCUT2D eigenvalue weighted by atomic mass is 10.0. The summed E-state index contributed by atoms with van der Waals surface area (Å²) in [6.07, 6.45) is 4.75. The summed E-state index contributed by atoms with van der Waals surface area (Å²) >= 11 is 1.82. The third-order valence-corrected chi connectivity index (χ3v) is 5.10. The van der Waals surface area contributed by atoms with Crippen molar-refractivity contribution in [3.05, 3.63) is 15.6 Å². The second-order valence-electron chi connectivity index (χ2n) is 5.47. The van der Waals surface area contributed by atoms with Crippen molar-refractivity contribution in [2.24, 2.45) is 0 Å². The molecule has 1 N–H and O–H groups in total. The van der Waals surface area contributed by atoms with E-state index in [1.807, 2.05) is 18.4 Å². The zero-order valence-corrected chi connectivity index (χ0v) is 12.7. The summed E-state index contributed by atoms with van der Waals surface area (Å²) in [6, 6.07) is 0.512. The molecular weight excluding hydrogens is 244 g/mol. The second kappa shape index (κ2) is 5.68. The third kappa shape index (κ3) is 2.76. The number of thiazole rings is 1. The van der Waals surface area contributed by atoms with Crippen molar-refractivity contribution in [2.45, 2.75) is 64.6 Å². The molecule has 0 spiro atoms. The fourth-order valence-electron chi connectivity index (χ4n) is 2.54. The quantitative estimate of drug-likeness (QED) is 0.889. The van der Waals surface area contributed by atoms with Gasteiger partial charge in [0.15, 0.2) is 0 Å². The first kappa shape index (κ1) is 14.0. The second-order valence-corrected chi connectivity index (χ2v) is 6.55. The Labute approximate surface area is 114 Å². The molecule has 18 heavy (non-hydrogen) atoms. The summed E-state index contributed by atoms with van der Waals surface area (Å²) in [5.41, 5.74) is 1.07. The molecule has 0 bridgehead atoms. The molecule has 0 amide bonds. The first-order chi connectivity index (χ1) is 8.57. The molecule has 1 aliphatic carbocycles. The third-order valence-electron chi connectivity index (χ3n) is 3.76. The lowest BCUT2D eigenvalue weighted by Gasteiger charge is -2.24. The summed E-state index contributed by atoms with van der Waals surface area (Å²) in [5.74, 6) is 0. The van der Waals surface area contributed by atoms with Crippen LogP contribution >= 0.6 is 11.3 Å². The van der Waals surface area contributed by atoms with Crippen molar-refractivity contribution in [1.82, 2.24) is 10.3 Å². The van der Waals surface area contributed by atoms with Crippen molar-refractivity contribution in [2.75, 3.05) is 7.11 Å². The number of hydrogen-bond donors (Lipinski definition) is 1. The van der Waals surface area contributed by atoms with Gasteiger partial charge in [-0.25, -0.2) is 4.98 Å². The van der Waals surface area contributed by atoms with E-state index in [2.05, 4.69) is 26.1 Å². The van der Waals surface area contributed by atoms with Gasteiger partial charge >= 0.3 is 0 Å². The van der Waals surface area contributed by atoms with E-state index in [1.165, 1.54) is 22.7 Å². The molecule has 1 fully saturated rings. The van der Waals surface area contributed by atoms with E-state index >= 15 is 0 Å². The predicted molar refractivity (Wildman–Crippen MR) is 76.0 cm³/mol. The molecule has 4 heteroatoms. The maximum absolute atomic E-state index is 5.81. The number of nitrogens with one attached hydrogen (secondary N) is 1. The highest BCUT2D eigenvalue weighted by Gasteiger charge is 2.38. The van der Waals surface area contributed by atoms with Crippen molar-refractivity contribution in [3.8, 4) is 0 Å². The molecule has 0 saturated heterocycles. The normalized spacial score (nSPS) is 18.7. The average molecular weight is 268 g/mol. The standard InChI is InChI=1S/C14H24N2OS/c1-10(2)15-9-12-11(3)16-13(18-12)14(17-4)7-5-6-8-14/h10,15H,5-9H2,1-4H3. The average Bonchev–Trinajstić information content (AvgIpc) is 2.94. The fraction of sp³-hybridized carbons (Fsp3) is 0.786. The predicted octanol–water partition coefficient (Wildman–Crippen LogP) is 3.37. The van der Waals surface area contributed by atoms with Crippen LogP contribution < -0.4 is 5.32 Å². The summed E-state index contributed by atoms with van der Waals surface area (Å²) in [4.78, 5) is 6.12. The van der Waals surface area contributed by atoms with Crippen LogP contribution in [0.25, 0.3) is 0 Å². The van der Waals surface area contributed by atoms with E-state index < -0.39 is 0 Å². The molecule has 0 aliphatic heterocycles. The molecule has 1 aromatic rings. The number of ether oxygens (including phenoxy) is 1. The summed E-state index contributed by atoms with van der Waals surface area (Å²) in [5, 5.41) is 4.65. The Kier molecular flexibility index (Phi) is 4.41. The Morgan fingerprint density at radius 2 is 2.06 bits per heavy atom. The lowest BCUT2D eigenvalue weighted by Crippen LogP contribution is -2.24. The molecule has 1 aromatic heterocycles. The SMILES string of the molecule is COC1(c2nc(C)c(CNC(C)C)s2)CCCC1. The first-order valence-corrected chi connectivity index (χ1v) is 7.64. The van der Waals surface area contributed by atoms with Gasteiger partial charge in [-0.3, -0.25) is 0 Å². The maximum atomic E-state index is 5.81. The van der Waals surface area contributed by atoms with E-state index in [0.717, 1.165) is 25.1 Å². The van der Waals surface area contributed by atoms with Crippen molar-refractivity contribution in [1.29, 1.82) is 0 Å². The van der Waals surface area contributed by atoms with E-state index in [1.54, 1.807) is 0 Å². The monoisotopic (exact) mass is 268 g/mol. The van der Waals surface area contributed by atoms with Gasteiger partial charge in [0.2, 0.25) is 0 Å². The zero-order chi connectivity index (χ0) is 13.2. The number of hydrogen-bond acceptors (Lipinski definition) is 4. The Balaban J connectivity index is 2.17. The highest BCUT2D eigenvalue weighted by molar-refractivity contribution is 7.11. The van der Waals surface area contributed by atoms with Crippen LogP contribution in [-0.2, 0) is 16.9 Å². The summed E-state index contributed by atoms with van der Waals surface area (Å²) < 4.78 is 5.81. The Morgan fingerprint density at radius 1 is 1.39 bits per heavy atom. The smallest absolute Gasteiger partial charge is 0.125 e. The van der Waals surface area contributed by atoms with Gasteiger partial charge in [-0.2, -0.15) is 0 Å². The van der Waals surface area contributed by atoms with Crippen LogP contribution in [0.4, 0.5) is 0 Å². The van der Waals surface area contributed by atoms with Crippen LogP contribution in [0.1, 0.15) is 55.1 Å². The highest BCUT2D eigenvalue weighted by Crippen LogP contribution is 2.43. The van der Waals surface area contributed by atoms with Crippen molar-refractivity contribution >= 4 is 11.3 Å². The van der Waals surface area contributed by atoms with E-state index in [4.69, 9.17) is 9.72 Å². The van der Waals surface area contributed by atoms with Crippen LogP contribution in [0.5, 0.6) is 0 Å². The Bertz CT molecular complexity index is 394. The molecule has 3 nitrogen and oxygen atoms in total. The topological polar surface area (TPSA) is 34.1 Å². The summed E-state index contributed by atoms with van der Waals surface area (Å²) in [6.45, 7) is 7.37. The van der Waals surface area contributed by atoms with Crippen molar-refractivity contribution in [3.63, 3.8) is 0 Å². The molecule has 0 unspecified atom stereocenters. The molecular formula is C14H24N2OS. The van der Waals surface area contributed by atoms with Gasteiger partial charge in [0.05, 0.1) is 5.69 Å². The summed E-state index contributed by atoms with van der Waals surface area (Å²) in [7, 11) is 1.83. The lowest BCUT2D eigenvalue weighted by molar-refractivity contribution is -0.00893. The number of aromatic nitrogens is 1. The molecule has 0 radical (unpaired) electrons. The van der Waals surface area contributed by atoms with E-state index in [0.29, 0.717) is 6.04 Å².